The lowest BCUT2D eigenvalue weighted by atomic mass is 10.1. The molecule has 0 amide bonds. The molecule has 0 bridgehead atoms. The maximum Gasteiger partial charge on any atom is 0.138 e. The van der Waals surface area contributed by atoms with Crippen molar-refractivity contribution in [3.05, 3.63) is 90.5 Å². The Morgan fingerprint density at radius 2 is 1.83 bits per heavy atom. The van der Waals surface area contributed by atoms with Gasteiger partial charge in [-0.1, -0.05) is 12.1 Å². The third-order valence-electron chi connectivity index (χ3n) is 5.31. The number of pyridine rings is 2. The van der Waals surface area contributed by atoms with Gasteiger partial charge in [0.2, 0.25) is 0 Å². The highest BCUT2D eigenvalue weighted by Crippen LogP contribution is 2.32. The Bertz CT molecular complexity index is 1450. The Balaban J connectivity index is 1.51. The molecule has 3 heterocycles. The van der Waals surface area contributed by atoms with E-state index in [4.69, 9.17) is 15.5 Å². The topological polar surface area (TPSA) is 102 Å². The van der Waals surface area contributed by atoms with Crippen LogP contribution in [0, 0.1) is 11.6 Å². The van der Waals surface area contributed by atoms with Crippen molar-refractivity contribution in [3.8, 4) is 28.4 Å². The largest absolute Gasteiger partial charge is 0.491 e. The van der Waals surface area contributed by atoms with Crippen LogP contribution in [0.25, 0.3) is 33.5 Å². The van der Waals surface area contributed by atoms with Gasteiger partial charge in [0.25, 0.3) is 0 Å². The van der Waals surface area contributed by atoms with Crippen LogP contribution in [-0.2, 0) is 6.54 Å². The van der Waals surface area contributed by atoms with E-state index in [9.17, 15) is 8.78 Å². The van der Waals surface area contributed by atoms with Gasteiger partial charge in [-0.05, 0) is 42.5 Å². The van der Waals surface area contributed by atoms with Crippen LogP contribution in [0.4, 0.5) is 14.5 Å². The molecule has 2 aromatic carbocycles. The van der Waals surface area contributed by atoms with Crippen LogP contribution < -0.4 is 15.8 Å². The van der Waals surface area contributed by atoms with Gasteiger partial charge in [-0.3, -0.25) is 9.97 Å². The van der Waals surface area contributed by atoms with Gasteiger partial charge in [-0.25, -0.2) is 13.8 Å². The molecule has 0 radical (unpaired) electrons. The van der Waals surface area contributed by atoms with Crippen molar-refractivity contribution < 1.29 is 13.5 Å². The zero-order valence-electron chi connectivity index (χ0n) is 18.6. The molecule has 35 heavy (non-hydrogen) atoms. The lowest BCUT2D eigenvalue weighted by molar-refractivity contribution is 0.327. The maximum atomic E-state index is 13.6. The van der Waals surface area contributed by atoms with E-state index < -0.39 is 11.6 Å². The number of aromatic amines is 1. The zero-order chi connectivity index (χ0) is 24.2. The highest BCUT2D eigenvalue weighted by Gasteiger charge is 2.16. The van der Waals surface area contributed by atoms with Crippen molar-refractivity contribution in [1.29, 1.82) is 0 Å². The minimum atomic E-state index is -0.651. The van der Waals surface area contributed by atoms with Crippen LogP contribution in [0.15, 0.2) is 73.1 Å². The fourth-order valence-electron chi connectivity index (χ4n) is 3.77. The van der Waals surface area contributed by atoms with Gasteiger partial charge in [0, 0.05) is 35.4 Å². The van der Waals surface area contributed by atoms with E-state index >= 15 is 0 Å². The van der Waals surface area contributed by atoms with E-state index in [-0.39, 0.29) is 6.54 Å². The van der Waals surface area contributed by atoms with Gasteiger partial charge in [0.15, 0.2) is 0 Å². The van der Waals surface area contributed by atoms with Crippen LogP contribution in [0.1, 0.15) is 5.82 Å². The summed E-state index contributed by atoms with van der Waals surface area (Å²) in [7, 11) is 0. The van der Waals surface area contributed by atoms with Crippen molar-refractivity contribution >= 4 is 16.6 Å². The first-order chi connectivity index (χ1) is 17.1. The molecule has 4 N–H and O–H groups in total. The average molecular weight is 472 g/mol. The van der Waals surface area contributed by atoms with E-state index in [0.29, 0.717) is 36.1 Å². The van der Waals surface area contributed by atoms with Gasteiger partial charge in [-0.15, -0.1) is 0 Å². The van der Waals surface area contributed by atoms with Crippen LogP contribution in [0.5, 0.6) is 5.75 Å². The number of benzene rings is 2. The summed E-state index contributed by atoms with van der Waals surface area (Å²) in [5, 5.41) is 3.90. The first-order valence-corrected chi connectivity index (χ1v) is 11.0. The summed E-state index contributed by atoms with van der Waals surface area (Å²) in [4.78, 5) is 17.0. The van der Waals surface area contributed by atoms with Gasteiger partial charge >= 0.3 is 0 Å². The molecule has 0 unspecified atom stereocenters. The summed E-state index contributed by atoms with van der Waals surface area (Å²) in [6, 6.07) is 16.7. The Morgan fingerprint density at radius 1 is 0.971 bits per heavy atom. The molecule has 176 valence electrons. The predicted molar refractivity (Wildman–Crippen MR) is 131 cm³/mol. The number of H-pyrrole nitrogens is 1. The predicted octanol–water partition coefficient (Wildman–Crippen LogP) is 4.91. The van der Waals surface area contributed by atoms with Crippen LogP contribution >= 0.6 is 0 Å². The summed E-state index contributed by atoms with van der Waals surface area (Å²) < 4.78 is 32.7. The number of nitrogens with one attached hydrogen (secondary N) is 2. The lowest BCUT2D eigenvalue weighted by Crippen LogP contribution is -2.10. The Hall–Kier alpha value is -4.37. The van der Waals surface area contributed by atoms with E-state index in [1.807, 2.05) is 42.5 Å². The normalized spacial score (nSPS) is 11.1. The number of nitrogens with zero attached hydrogens (tertiary/aromatic N) is 3. The van der Waals surface area contributed by atoms with E-state index in [0.717, 1.165) is 33.9 Å². The molecule has 0 spiro atoms. The number of ether oxygens (including phenoxy) is 1. The Kier molecular flexibility index (Phi) is 6.32. The number of anilines is 1. The van der Waals surface area contributed by atoms with Gasteiger partial charge in [-0.2, -0.15) is 0 Å². The van der Waals surface area contributed by atoms with Crippen LogP contribution in [-0.4, -0.2) is 33.1 Å². The van der Waals surface area contributed by atoms with Crippen molar-refractivity contribution in [3.63, 3.8) is 0 Å². The molecular formula is C26H22F2N6O. The van der Waals surface area contributed by atoms with E-state index in [2.05, 4.69) is 20.3 Å². The summed E-state index contributed by atoms with van der Waals surface area (Å²) in [5.41, 5.74) is 9.68. The van der Waals surface area contributed by atoms with E-state index in [1.165, 1.54) is 12.1 Å². The van der Waals surface area contributed by atoms with Gasteiger partial charge in [0.1, 0.15) is 29.8 Å². The van der Waals surface area contributed by atoms with Gasteiger partial charge < -0.3 is 20.8 Å². The van der Waals surface area contributed by atoms with Crippen molar-refractivity contribution in [1.82, 2.24) is 19.9 Å². The molecular weight excluding hydrogens is 450 g/mol. The minimum Gasteiger partial charge on any atom is -0.491 e. The molecule has 0 aliphatic carbocycles. The second-order valence-corrected chi connectivity index (χ2v) is 7.85. The number of aromatic nitrogens is 4. The van der Waals surface area contributed by atoms with Crippen molar-refractivity contribution in [2.45, 2.75) is 6.54 Å². The fraction of sp³-hybridized carbons (Fsp3) is 0.115. The molecule has 7 nitrogen and oxygen atoms in total. The molecule has 5 rings (SSSR count). The third-order valence-corrected chi connectivity index (χ3v) is 5.31. The number of halogens is 2. The molecule has 5 aromatic rings. The molecule has 0 aliphatic rings. The summed E-state index contributed by atoms with van der Waals surface area (Å²) in [5.74, 6) is -0.0781. The summed E-state index contributed by atoms with van der Waals surface area (Å²) in [6.07, 6.45) is 3.38. The second-order valence-electron chi connectivity index (χ2n) is 7.85. The van der Waals surface area contributed by atoms with Crippen LogP contribution in [0.3, 0.4) is 0 Å². The molecule has 0 atom stereocenters. The highest BCUT2D eigenvalue weighted by atomic mass is 19.1. The molecule has 0 fully saturated rings. The number of hydrogen-bond acceptors (Lipinski definition) is 6. The number of imidazole rings is 1. The third kappa shape index (κ3) is 5.10. The number of fused-ring (bicyclic) bond motifs is 1. The second kappa shape index (κ2) is 9.86. The smallest absolute Gasteiger partial charge is 0.138 e. The SMILES string of the molecule is NCCOc1cnc2ccc(-c3nc(CNc4cc(F)cc(F)c4)[nH]c3-c3ccccn3)cc2c1. The average Bonchev–Trinajstić information content (AvgIpc) is 3.30. The molecule has 3 aromatic heterocycles. The van der Waals surface area contributed by atoms with Crippen molar-refractivity contribution in [2.75, 3.05) is 18.5 Å². The molecule has 9 heteroatoms. The standard InChI is InChI=1S/C26H22F2N6O/c27-18-11-19(28)13-20(12-18)31-15-24-33-25(26(34-24)23-3-1-2-7-30-23)16-4-5-22-17(9-16)10-21(14-32-22)35-8-6-29/h1-5,7,9-14,31H,6,8,15,29H2,(H,33,34). The zero-order valence-corrected chi connectivity index (χ0v) is 18.6. The summed E-state index contributed by atoms with van der Waals surface area (Å²) in [6.45, 7) is 1.05. The molecule has 0 saturated carbocycles. The first-order valence-electron chi connectivity index (χ1n) is 11.0. The molecule has 0 aliphatic heterocycles. The Morgan fingerprint density at radius 3 is 2.60 bits per heavy atom. The maximum absolute atomic E-state index is 13.6. The Labute approximate surface area is 200 Å². The first kappa shape index (κ1) is 22.4. The van der Waals surface area contributed by atoms with Crippen LogP contribution in [0.2, 0.25) is 0 Å². The van der Waals surface area contributed by atoms with Gasteiger partial charge in [0.05, 0.1) is 35.3 Å². The molecule has 0 saturated heterocycles. The lowest BCUT2D eigenvalue weighted by Gasteiger charge is -2.07. The number of rotatable bonds is 8. The number of hydrogen-bond donors (Lipinski definition) is 3. The van der Waals surface area contributed by atoms with Crippen molar-refractivity contribution in [2.24, 2.45) is 5.73 Å². The monoisotopic (exact) mass is 472 g/mol. The minimum absolute atomic E-state index is 0.231. The highest BCUT2D eigenvalue weighted by molar-refractivity contribution is 5.87. The quantitative estimate of drug-likeness (QED) is 0.297. The fourth-order valence-corrected chi connectivity index (χ4v) is 3.77. The number of nitrogens with two attached hydrogens (primary N) is 1. The summed E-state index contributed by atoms with van der Waals surface area (Å²) >= 11 is 0. The van der Waals surface area contributed by atoms with E-state index in [1.54, 1.807) is 12.4 Å².